The summed E-state index contributed by atoms with van der Waals surface area (Å²) >= 11 is 0. The van der Waals surface area contributed by atoms with Crippen LogP contribution in [0.2, 0.25) is 0 Å². The fraction of sp³-hybridized carbons (Fsp3) is 1.00. The summed E-state index contributed by atoms with van der Waals surface area (Å²) in [6, 6.07) is 0.585. The van der Waals surface area contributed by atoms with Crippen LogP contribution in [0.5, 0.6) is 0 Å². The van der Waals surface area contributed by atoms with E-state index >= 15 is 0 Å². The Hall–Kier alpha value is -0.160. The van der Waals surface area contributed by atoms with E-state index in [1.165, 1.54) is 12.8 Å². The minimum absolute atomic E-state index is 0.404. The Morgan fingerprint density at radius 3 is 2.88 bits per heavy atom. The van der Waals surface area contributed by atoms with Crippen LogP contribution in [0.4, 0.5) is 0 Å². The predicted octanol–water partition coefficient (Wildman–Crippen LogP) is 0.864. The molecule has 0 aliphatic carbocycles. The second-order valence-corrected chi connectivity index (χ2v) is 5.19. The van der Waals surface area contributed by atoms with Crippen LogP contribution < -0.4 is 5.32 Å². The number of methoxy groups -OCH3 is 1. The molecule has 2 aliphatic heterocycles. The zero-order valence-corrected chi connectivity index (χ0v) is 11.2. The van der Waals surface area contributed by atoms with E-state index in [1.807, 2.05) is 0 Å². The van der Waals surface area contributed by atoms with E-state index in [9.17, 15) is 0 Å². The largest absolute Gasteiger partial charge is 0.380 e. The molecular formula is C13H26N2O2. The average molecular weight is 242 g/mol. The molecule has 0 spiro atoms. The first-order valence-corrected chi connectivity index (χ1v) is 6.92. The van der Waals surface area contributed by atoms with Gasteiger partial charge in [-0.3, -0.25) is 4.90 Å². The lowest BCUT2D eigenvalue weighted by Gasteiger charge is -2.26. The van der Waals surface area contributed by atoms with Crippen molar-refractivity contribution in [3.63, 3.8) is 0 Å². The highest BCUT2D eigenvalue weighted by Crippen LogP contribution is 2.15. The SMILES string of the molecule is CCN(CC1CC(OC)CN1)CC1CCCO1. The third kappa shape index (κ3) is 3.91. The van der Waals surface area contributed by atoms with Crippen LogP contribution in [-0.4, -0.2) is 63.0 Å². The third-order valence-corrected chi connectivity index (χ3v) is 3.93. The van der Waals surface area contributed by atoms with Gasteiger partial charge in [0.1, 0.15) is 0 Å². The van der Waals surface area contributed by atoms with Crippen molar-refractivity contribution in [1.29, 1.82) is 0 Å². The molecule has 0 aromatic rings. The van der Waals surface area contributed by atoms with E-state index in [4.69, 9.17) is 9.47 Å². The summed E-state index contributed by atoms with van der Waals surface area (Å²) in [5, 5.41) is 3.54. The lowest BCUT2D eigenvalue weighted by Crippen LogP contribution is -2.41. The second kappa shape index (κ2) is 6.69. The minimum atomic E-state index is 0.404. The Morgan fingerprint density at radius 1 is 1.41 bits per heavy atom. The van der Waals surface area contributed by atoms with Crippen LogP contribution in [0.1, 0.15) is 26.2 Å². The molecule has 0 aromatic carbocycles. The van der Waals surface area contributed by atoms with E-state index in [-0.39, 0.29) is 0 Å². The lowest BCUT2D eigenvalue weighted by molar-refractivity contribution is 0.0709. The lowest BCUT2D eigenvalue weighted by atomic mass is 10.1. The molecule has 0 aromatic heterocycles. The molecular weight excluding hydrogens is 216 g/mol. The Kier molecular flexibility index (Phi) is 5.22. The summed E-state index contributed by atoms with van der Waals surface area (Å²) in [6.45, 7) is 7.50. The first-order valence-electron chi connectivity index (χ1n) is 6.92. The van der Waals surface area contributed by atoms with Crippen LogP contribution >= 0.6 is 0 Å². The molecule has 0 amide bonds. The molecule has 2 aliphatic rings. The van der Waals surface area contributed by atoms with Gasteiger partial charge >= 0.3 is 0 Å². The van der Waals surface area contributed by atoms with Crippen LogP contribution in [-0.2, 0) is 9.47 Å². The van der Waals surface area contributed by atoms with Crippen molar-refractivity contribution in [3.8, 4) is 0 Å². The first-order chi connectivity index (χ1) is 8.31. The number of hydrogen-bond donors (Lipinski definition) is 1. The average Bonchev–Trinajstić information content (AvgIpc) is 2.99. The molecule has 0 radical (unpaired) electrons. The maximum absolute atomic E-state index is 5.71. The minimum Gasteiger partial charge on any atom is -0.380 e. The van der Waals surface area contributed by atoms with Crippen LogP contribution in [0.25, 0.3) is 0 Å². The summed E-state index contributed by atoms with van der Waals surface area (Å²) in [5.41, 5.74) is 0. The van der Waals surface area contributed by atoms with E-state index in [2.05, 4.69) is 17.1 Å². The highest BCUT2D eigenvalue weighted by Gasteiger charge is 2.26. The van der Waals surface area contributed by atoms with E-state index in [1.54, 1.807) is 7.11 Å². The molecule has 0 bridgehead atoms. The molecule has 17 heavy (non-hydrogen) atoms. The van der Waals surface area contributed by atoms with Crippen molar-refractivity contribution >= 4 is 0 Å². The molecule has 0 saturated carbocycles. The van der Waals surface area contributed by atoms with Crippen molar-refractivity contribution in [2.45, 2.75) is 44.4 Å². The Morgan fingerprint density at radius 2 is 2.29 bits per heavy atom. The third-order valence-electron chi connectivity index (χ3n) is 3.93. The molecule has 4 nitrogen and oxygen atoms in total. The normalized spacial score (nSPS) is 33.7. The van der Waals surface area contributed by atoms with Crippen molar-refractivity contribution in [2.24, 2.45) is 0 Å². The summed E-state index contributed by atoms with van der Waals surface area (Å²) in [5.74, 6) is 0. The van der Waals surface area contributed by atoms with Crippen molar-refractivity contribution in [2.75, 3.05) is 39.9 Å². The van der Waals surface area contributed by atoms with Gasteiger partial charge in [0, 0.05) is 39.4 Å². The standard InChI is InChI=1S/C13H26N2O2/c1-3-15(10-12-5-4-6-17-12)9-11-7-13(16-2)8-14-11/h11-14H,3-10H2,1-2H3. The van der Waals surface area contributed by atoms with E-state index < -0.39 is 0 Å². The predicted molar refractivity (Wildman–Crippen MR) is 68.3 cm³/mol. The molecule has 3 atom stereocenters. The van der Waals surface area contributed by atoms with Gasteiger partial charge in [0.05, 0.1) is 12.2 Å². The highest BCUT2D eigenvalue weighted by atomic mass is 16.5. The highest BCUT2D eigenvalue weighted by molar-refractivity contribution is 4.85. The van der Waals surface area contributed by atoms with Gasteiger partial charge in [-0.25, -0.2) is 0 Å². The number of likely N-dealkylation sites (N-methyl/N-ethyl adjacent to an activating group) is 1. The van der Waals surface area contributed by atoms with Crippen molar-refractivity contribution < 1.29 is 9.47 Å². The molecule has 4 heteroatoms. The number of nitrogens with zero attached hydrogens (tertiary/aromatic N) is 1. The van der Waals surface area contributed by atoms with Crippen molar-refractivity contribution in [3.05, 3.63) is 0 Å². The molecule has 1 N–H and O–H groups in total. The Balaban J connectivity index is 1.71. The molecule has 3 unspecified atom stereocenters. The van der Waals surface area contributed by atoms with Gasteiger partial charge in [-0.15, -0.1) is 0 Å². The van der Waals surface area contributed by atoms with Crippen molar-refractivity contribution in [1.82, 2.24) is 10.2 Å². The first kappa shape index (κ1) is 13.3. The van der Waals surface area contributed by atoms with Crippen LogP contribution in [0.3, 0.4) is 0 Å². The van der Waals surface area contributed by atoms with Gasteiger partial charge < -0.3 is 14.8 Å². The molecule has 2 heterocycles. The molecule has 2 rings (SSSR count). The van der Waals surface area contributed by atoms with E-state index in [0.717, 1.165) is 39.2 Å². The van der Waals surface area contributed by atoms with Gasteiger partial charge in [0.15, 0.2) is 0 Å². The maximum atomic E-state index is 5.71. The maximum Gasteiger partial charge on any atom is 0.0711 e. The molecule has 2 fully saturated rings. The zero-order chi connectivity index (χ0) is 12.1. The molecule has 100 valence electrons. The number of rotatable bonds is 6. The Bertz CT molecular complexity index is 219. The quantitative estimate of drug-likeness (QED) is 0.749. The summed E-state index contributed by atoms with van der Waals surface area (Å²) in [6.07, 6.45) is 4.47. The fourth-order valence-electron chi connectivity index (χ4n) is 2.82. The van der Waals surface area contributed by atoms with Gasteiger partial charge in [-0.1, -0.05) is 6.92 Å². The summed E-state index contributed by atoms with van der Waals surface area (Å²) in [4.78, 5) is 2.51. The fourth-order valence-corrected chi connectivity index (χ4v) is 2.82. The van der Waals surface area contributed by atoms with Gasteiger partial charge in [0.2, 0.25) is 0 Å². The second-order valence-electron chi connectivity index (χ2n) is 5.19. The topological polar surface area (TPSA) is 33.7 Å². The monoisotopic (exact) mass is 242 g/mol. The Labute approximate surface area is 105 Å². The number of nitrogens with one attached hydrogen (secondary N) is 1. The van der Waals surface area contributed by atoms with E-state index in [0.29, 0.717) is 18.2 Å². The summed E-state index contributed by atoms with van der Waals surface area (Å²) < 4.78 is 11.1. The van der Waals surface area contributed by atoms with Gasteiger partial charge in [-0.05, 0) is 25.8 Å². The summed E-state index contributed by atoms with van der Waals surface area (Å²) in [7, 11) is 1.80. The molecule has 2 saturated heterocycles. The zero-order valence-electron chi connectivity index (χ0n) is 11.2. The number of hydrogen-bond acceptors (Lipinski definition) is 4. The number of ether oxygens (including phenoxy) is 2. The smallest absolute Gasteiger partial charge is 0.0711 e. The van der Waals surface area contributed by atoms with Gasteiger partial charge in [-0.2, -0.15) is 0 Å². The van der Waals surface area contributed by atoms with Gasteiger partial charge in [0.25, 0.3) is 0 Å². The van der Waals surface area contributed by atoms with Crippen LogP contribution in [0.15, 0.2) is 0 Å². The van der Waals surface area contributed by atoms with Crippen LogP contribution in [0, 0.1) is 0 Å².